The Labute approximate surface area is 129 Å². The number of aromatic amines is 1. The van der Waals surface area contributed by atoms with Gasteiger partial charge in [0.1, 0.15) is 5.69 Å². The van der Waals surface area contributed by atoms with E-state index in [0.717, 1.165) is 28.2 Å². The Bertz CT molecular complexity index is 831. The van der Waals surface area contributed by atoms with Gasteiger partial charge in [0.2, 0.25) is 0 Å². The number of nitrogens with one attached hydrogen (secondary N) is 2. The van der Waals surface area contributed by atoms with Crippen molar-refractivity contribution in [3.63, 3.8) is 0 Å². The molecule has 21 heavy (non-hydrogen) atoms. The zero-order valence-corrected chi connectivity index (χ0v) is 12.7. The first-order valence-electron chi connectivity index (χ1n) is 6.84. The third-order valence-electron chi connectivity index (χ3n) is 3.69. The van der Waals surface area contributed by atoms with Gasteiger partial charge in [-0.1, -0.05) is 12.1 Å². The maximum Gasteiger partial charge on any atom is 0.273 e. The number of carbonyl (C=O) groups excluding carboxylic acids is 1. The highest BCUT2D eigenvalue weighted by atomic mass is 79.9. The van der Waals surface area contributed by atoms with Gasteiger partial charge in [-0.3, -0.25) is 9.89 Å². The van der Waals surface area contributed by atoms with Crippen LogP contribution in [0.5, 0.6) is 0 Å². The molecule has 0 unspecified atom stereocenters. The number of anilines is 1. The first-order chi connectivity index (χ1) is 10.2. The molecule has 1 aliphatic carbocycles. The van der Waals surface area contributed by atoms with Crippen LogP contribution in [0.2, 0.25) is 0 Å². The number of para-hydroxylation sites is 1. The van der Waals surface area contributed by atoms with Gasteiger partial charge in [0, 0.05) is 22.1 Å². The van der Waals surface area contributed by atoms with Crippen molar-refractivity contribution in [1.82, 2.24) is 14.8 Å². The van der Waals surface area contributed by atoms with Crippen molar-refractivity contribution >= 4 is 38.6 Å². The summed E-state index contributed by atoms with van der Waals surface area (Å²) in [5.41, 5.74) is 1.57. The van der Waals surface area contributed by atoms with Crippen molar-refractivity contribution in [1.29, 1.82) is 0 Å². The normalized spacial score (nSPS) is 14.5. The smallest absolute Gasteiger partial charge is 0.273 e. The topological polar surface area (TPSA) is 62.7 Å². The molecule has 3 aromatic rings. The van der Waals surface area contributed by atoms with Crippen LogP contribution in [-0.2, 0) is 0 Å². The predicted molar refractivity (Wildman–Crippen MR) is 84.4 cm³/mol. The Balaban J connectivity index is 1.66. The lowest BCUT2D eigenvalue weighted by atomic mass is 10.2. The average Bonchev–Trinajstić information content (AvgIpc) is 3.15. The highest BCUT2D eigenvalue weighted by Crippen LogP contribution is 2.37. The number of amides is 1. The number of hydrogen-bond acceptors (Lipinski definition) is 2. The highest BCUT2D eigenvalue weighted by molar-refractivity contribution is 9.10. The number of carbonyl (C=O) groups is 1. The van der Waals surface area contributed by atoms with Crippen LogP contribution in [0.25, 0.3) is 10.9 Å². The minimum Gasteiger partial charge on any atom is -0.339 e. The van der Waals surface area contributed by atoms with Crippen LogP contribution in [0, 0.1) is 0 Å². The van der Waals surface area contributed by atoms with Gasteiger partial charge in [-0.05, 0) is 47.0 Å². The van der Waals surface area contributed by atoms with Crippen LogP contribution >= 0.6 is 15.9 Å². The fourth-order valence-electron chi connectivity index (χ4n) is 2.51. The fourth-order valence-corrected chi connectivity index (χ4v) is 2.95. The molecule has 2 N–H and O–H groups in total. The Kier molecular flexibility index (Phi) is 2.85. The Morgan fingerprint density at radius 1 is 1.38 bits per heavy atom. The lowest BCUT2D eigenvalue weighted by molar-refractivity contribution is 0.101. The average molecular weight is 345 g/mol. The van der Waals surface area contributed by atoms with Gasteiger partial charge in [-0.15, -0.1) is 0 Å². The largest absolute Gasteiger partial charge is 0.339 e. The lowest BCUT2D eigenvalue weighted by Crippen LogP contribution is -2.16. The van der Waals surface area contributed by atoms with E-state index in [1.54, 1.807) is 0 Å². The van der Waals surface area contributed by atoms with Crippen molar-refractivity contribution in [3.05, 3.63) is 46.7 Å². The zero-order chi connectivity index (χ0) is 14.4. The number of aromatic nitrogens is 3. The van der Waals surface area contributed by atoms with Gasteiger partial charge in [-0.2, -0.15) is 5.10 Å². The summed E-state index contributed by atoms with van der Waals surface area (Å²) in [6.45, 7) is 0. The van der Waals surface area contributed by atoms with Crippen LogP contribution in [0.4, 0.5) is 5.82 Å². The van der Waals surface area contributed by atoms with E-state index in [-0.39, 0.29) is 5.91 Å². The van der Waals surface area contributed by atoms with Crippen molar-refractivity contribution in [2.45, 2.75) is 18.9 Å². The molecule has 1 aromatic carbocycles. The number of nitrogens with zero attached hydrogens (tertiary/aromatic N) is 2. The first-order valence-corrected chi connectivity index (χ1v) is 7.63. The van der Waals surface area contributed by atoms with Crippen molar-refractivity contribution < 1.29 is 4.79 Å². The summed E-state index contributed by atoms with van der Waals surface area (Å²) in [6, 6.07) is 10.0. The zero-order valence-electron chi connectivity index (χ0n) is 11.1. The quantitative estimate of drug-likeness (QED) is 0.760. The van der Waals surface area contributed by atoms with E-state index >= 15 is 0 Å². The minimum absolute atomic E-state index is 0.134. The molecular weight excluding hydrogens is 332 g/mol. The van der Waals surface area contributed by atoms with E-state index < -0.39 is 0 Å². The summed E-state index contributed by atoms with van der Waals surface area (Å²) in [5, 5.41) is 10.9. The molecule has 5 nitrogen and oxygen atoms in total. The standard InChI is InChI=1S/C15H13BrN4O/c16-9-7-13(20(8-9)10-5-6-10)15(21)17-14-11-3-1-2-4-12(11)18-19-14/h1-4,7-8,10H,5-6H2,(H2,17,18,19,21). The third kappa shape index (κ3) is 2.25. The Hall–Kier alpha value is -2.08. The molecule has 0 radical (unpaired) electrons. The van der Waals surface area contributed by atoms with E-state index in [4.69, 9.17) is 0 Å². The molecule has 1 saturated carbocycles. The molecule has 2 heterocycles. The van der Waals surface area contributed by atoms with Crippen LogP contribution in [0.15, 0.2) is 41.0 Å². The minimum atomic E-state index is -0.134. The summed E-state index contributed by atoms with van der Waals surface area (Å²) < 4.78 is 2.96. The van der Waals surface area contributed by atoms with Crippen LogP contribution in [0.3, 0.4) is 0 Å². The number of hydrogen-bond donors (Lipinski definition) is 2. The second kappa shape index (κ2) is 4.73. The summed E-state index contributed by atoms with van der Waals surface area (Å²) in [7, 11) is 0. The maximum atomic E-state index is 12.5. The van der Waals surface area contributed by atoms with Crippen molar-refractivity contribution in [2.24, 2.45) is 0 Å². The number of fused-ring (bicyclic) bond motifs is 1. The second-order valence-corrected chi connectivity index (χ2v) is 6.17. The van der Waals surface area contributed by atoms with Crippen molar-refractivity contribution in [2.75, 3.05) is 5.32 Å². The summed E-state index contributed by atoms with van der Waals surface area (Å²) in [6.07, 6.45) is 4.23. The van der Waals surface area contributed by atoms with Gasteiger partial charge < -0.3 is 9.88 Å². The third-order valence-corrected chi connectivity index (χ3v) is 4.12. The molecule has 1 fully saturated rings. The maximum absolute atomic E-state index is 12.5. The predicted octanol–water partition coefficient (Wildman–Crippen LogP) is 3.71. The van der Waals surface area contributed by atoms with Crippen molar-refractivity contribution in [3.8, 4) is 0 Å². The van der Waals surface area contributed by atoms with Crippen LogP contribution in [0.1, 0.15) is 29.4 Å². The fraction of sp³-hybridized carbons (Fsp3) is 0.200. The van der Waals surface area contributed by atoms with Gasteiger partial charge in [0.25, 0.3) is 5.91 Å². The molecule has 0 saturated heterocycles. The SMILES string of the molecule is O=C(Nc1n[nH]c2ccccc12)c1cc(Br)cn1C1CC1. The second-order valence-electron chi connectivity index (χ2n) is 5.25. The Morgan fingerprint density at radius 3 is 3.00 bits per heavy atom. The van der Waals surface area contributed by atoms with Gasteiger partial charge in [0.05, 0.1) is 5.52 Å². The molecule has 4 rings (SSSR count). The number of rotatable bonds is 3. The van der Waals surface area contributed by atoms with E-state index in [2.05, 4.69) is 31.4 Å². The van der Waals surface area contributed by atoms with E-state index in [0.29, 0.717) is 17.6 Å². The number of halogens is 1. The molecule has 2 aromatic heterocycles. The monoisotopic (exact) mass is 344 g/mol. The molecule has 0 atom stereocenters. The van der Waals surface area contributed by atoms with Gasteiger partial charge >= 0.3 is 0 Å². The molecular formula is C15H13BrN4O. The lowest BCUT2D eigenvalue weighted by Gasteiger charge is -2.07. The van der Waals surface area contributed by atoms with E-state index in [1.807, 2.05) is 41.1 Å². The Morgan fingerprint density at radius 2 is 2.19 bits per heavy atom. The first kappa shape index (κ1) is 12.6. The highest BCUT2D eigenvalue weighted by Gasteiger charge is 2.28. The van der Waals surface area contributed by atoms with E-state index in [1.165, 1.54) is 0 Å². The van der Waals surface area contributed by atoms with Crippen LogP contribution in [-0.4, -0.2) is 20.7 Å². The molecule has 0 spiro atoms. The molecule has 6 heteroatoms. The van der Waals surface area contributed by atoms with Gasteiger partial charge in [-0.25, -0.2) is 0 Å². The van der Waals surface area contributed by atoms with Gasteiger partial charge in [0.15, 0.2) is 5.82 Å². The number of H-pyrrole nitrogens is 1. The molecule has 1 amide bonds. The van der Waals surface area contributed by atoms with Crippen LogP contribution < -0.4 is 5.32 Å². The number of benzene rings is 1. The summed E-state index contributed by atoms with van der Waals surface area (Å²) >= 11 is 3.44. The molecule has 1 aliphatic rings. The molecule has 106 valence electrons. The molecule has 0 aliphatic heterocycles. The molecule has 0 bridgehead atoms. The van der Waals surface area contributed by atoms with E-state index in [9.17, 15) is 4.79 Å². The summed E-state index contributed by atoms with van der Waals surface area (Å²) in [5.74, 6) is 0.431. The summed E-state index contributed by atoms with van der Waals surface area (Å²) in [4.78, 5) is 12.5.